The molecule has 0 unspecified atom stereocenters. The van der Waals surface area contributed by atoms with Gasteiger partial charge in [0.25, 0.3) is 0 Å². The third kappa shape index (κ3) is 5.07. The maximum Gasteiger partial charge on any atom is 0.337 e. The number of carbonyl (C=O) groups is 2. The molecule has 0 saturated carbocycles. The lowest BCUT2D eigenvalue weighted by molar-refractivity contribution is -0.113. The van der Waals surface area contributed by atoms with Crippen LogP contribution in [-0.4, -0.2) is 29.7 Å². The van der Waals surface area contributed by atoms with E-state index in [9.17, 15) is 14.0 Å². The van der Waals surface area contributed by atoms with Crippen LogP contribution >= 0.6 is 11.8 Å². The van der Waals surface area contributed by atoms with Crippen LogP contribution in [0.5, 0.6) is 0 Å². The Kier molecular flexibility index (Phi) is 6.10. The monoisotopic (exact) mass is 334 g/mol. The lowest BCUT2D eigenvalue weighted by Crippen LogP contribution is -2.16. The molecule has 1 amide bonds. The van der Waals surface area contributed by atoms with Crippen molar-refractivity contribution in [1.29, 1.82) is 0 Å². The average molecular weight is 334 g/mol. The van der Waals surface area contributed by atoms with Crippen LogP contribution in [0, 0.1) is 5.82 Å². The van der Waals surface area contributed by atoms with Crippen molar-refractivity contribution < 1.29 is 18.7 Å². The summed E-state index contributed by atoms with van der Waals surface area (Å²) in [6.07, 6.45) is 3.41. The molecule has 0 fully saturated rings. The number of esters is 1. The predicted octanol–water partition coefficient (Wildman–Crippen LogP) is 2.88. The molecule has 0 spiro atoms. The highest BCUT2D eigenvalue weighted by Gasteiger charge is 2.12. The third-order valence-electron chi connectivity index (χ3n) is 2.89. The summed E-state index contributed by atoms with van der Waals surface area (Å²) in [5.41, 5.74) is 1.14. The van der Waals surface area contributed by atoms with E-state index in [0.29, 0.717) is 5.75 Å². The summed E-state index contributed by atoms with van der Waals surface area (Å²) in [5, 5.41) is 2.46. The van der Waals surface area contributed by atoms with Crippen molar-refractivity contribution in [2.45, 2.75) is 5.75 Å². The Morgan fingerprint density at radius 2 is 2.17 bits per heavy atom. The van der Waals surface area contributed by atoms with Crippen LogP contribution < -0.4 is 5.32 Å². The van der Waals surface area contributed by atoms with Gasteiger partial charge in [0.1, 0.15) is 5.82 Å². The number of nitrogens with zero attached hydrogens (tertiary/aromatic N) is 1. The highest BCUT2D eigenvalue weighted by atomic mass is 32.2. The number of pyridine rings is 1. The number of anilines is 1. The van der Waals surface area contributed by atoms with Gasteiger partial charge in [-0.3, -0.25) is 9.78 Å². The highest BCUT2D eigenvalue weighted by Crippen LogP contribution is 2.18. The van der Waals surface area contributed by atoms with Crippen molar-refractivity contribution in [3.05, 3.63) is 59.7 Å². The predicted molar refractivity (Wildman–Crippen MR) is 86.8 cm³/mol. The molecule has 5 nitrogen and oxygen atoms in total. The van der Waals surface area contributed by atoms with Crippen LogP contribution in [0.3, 0.4) is 0 Å². The van der Waals surface area contributed by atoms with Crippen LogP contribution in [0.4, 0.5) is 10.1 Å². The van der Waals surface area contributed by atoms with Gasteiger partial charge in [0.2, 0.25) is 5.91 Å². The van der Waals surface area contributed by atoms with E-state index in [1.54, 1.807) is 12.4 Å². The van der Waals surface area contributed by atoms with Gasteiger partial charge >= 0.3 is 5.97 Å². The number of benzene rings is 1. The number of hydrogen-bond acceptors (Lipinski definition) is 5. The van der Waals surface area contributed by atoms with Gasteiger partial charge in [0, 0.05) is 18.1 Å². The van der Waals surface area contributed by atoms with Gasteiger partial charge in [-0.25, -0.2) is 9.18 Å². The second-order valence-corrected chi connectivity index (χ2v) is 5.57. The fourth-order valence-corrected chi connectivity index (χ4v) is 2.56. The first-order chi connectivity index (χ1) is 11.1. The van der Waals surface area contributed by atoms with E-state index in [0.717, 1.165) is 11.6 Å². The number of methoxy groups -OCH3 is 1. The zero-order chi connectivity index (χ0) is 16.7. The largest absolute Gasteiger partial charge is 0.465 e. The normalized spacial score (nSPS) is 10.2. The van der Waals surface area contributed by atoms with Crippen molar-refractivity contribution in [1.82, 2.24) is 4.98 Å². The molecule has 2 aromatic rings. The summed E-state index contributed by atoms with van der Waals surface area (Å²) < 4.78 is 18.3. The van der Waals surface area contributed by atoms with Crippen molar-refractivity contribution in [3.63, 3.8) is 0 Å². The molecular formula is C16H15FN2O3S. The molecule has 0 radical (unpaired) electrons. The van der Waals surface area contributed by atoms with Crippen LogP contribution in [-0.2, 0) is 15.3 Å². The number of amides is 1. The molecule has 1 aromatic carbocycles. The standard InChI is InChI=1S/C16H15FN2O3S/c1-22-16(21)12-4-5-13(17)14(7-12)19-15(20)10-23-9-11-3-2-6-18-8-11/h2-8H,9-10H2,1H3,(H,19,20). The number of carbonyl (C=O) groups excluding carboxylic acids is 2. The van der Waals surface area contributed by atoms with Crippen LogP contribution in [0.15, 0.2) is 42.7 Å². The summed E-state index contributed by atoms with van der Waals surface area (Å²) in [4.78, 5) is 27.3. The Hall–Kier alpha value is -2.41. The van der Waals surface area contributed by atoms with Crippen molar-refractivity contribution in [3.8, 4) is 0 Å². The molecule has 2 rings (SSSR count). The quantitative estimate of drug-likeness (QED) is 0.823. The number of aromatic nitrogens is 1. The number of rotatable bonds is 6. The number of ether oxygens (including phenoxy) is 1. The van der Waals surface area contributed by atoms with Gasteiger partial charge in [0.15, 0.2) is 0 Å². The minimum absolute atomic E-state index is 0.0418. The molecule has 0 atom stereocenters. The highest BCUT2D eigenvalue weighted by molar-refractivity contribution is 7.99. The van der Waals surface area contributed by atoms with E-state index in [-0.39, 0.29) is 22.9 Å². The second kappa shape index (κ2) is 8.28. The fraction of sp³-hybridized carbons (Fsp3) is 0.188. The van der Waals surface area contributed by atoms with Crippen LogP contribution in [0.25, 0.3) is 0 Å². The van der Waals surface area contributed by atoms with Crippen molar-refractivity contribution >= 4 is 29.3 Å². The molecule has 0 aliphatic rings. The van der Waals surface area contributed by atoms with E-state index in [1.807, 2.05) is 12.1 Å². The summed E-state index contributed by atoms with van der Waals surface area (Å²) in [6, 6.07) is 7.41. The van der Waals surface area contributed by atoms with Gasteiger partial charge in [-0.2, -0.15) is 0 Å². The molecule has 0 aliphatic heterocycles. The minimum Gasteiger partial charge on any atom is -0.465 e. The van der Waals surface area contributed by atoms with Crippen LogP contribution in [0.2, 0.25) is 0 Å². The number of hydrogen-bond donors (Lipinski definition) is 1. The van der Waals surface area contributed by atoms with Crippen LogP contribution in [0.1, 0.15) is 15.9 Å². The number of halogens is 1. The van der Waals surface area contributed by atoms with Gasteiger partial charge in [-0.15, -0.1) is 11.8 Å². The Morgan fingerprint density at radius 1 is 1.35 bits per heavy atom. The second-order valence-electron chi connectivity index (χ2n) is 4.59. The fourth-order valence-electron chi connectivity index (χ4n) is 1.80. The first kappa shape index (κ1) is 17.0. The van der Waals surface area contributed by atoms with Crippen molar-refractivity contribution in [2.24, 2.45) is 0 Å². The minimum atomic E-state index is -0.608. The summed E-state index contributed by atoms with van der Waals surface area (Å²) in [7, 11) is 1.24. The summed E-state index contributed by atoms with van der Waals surface area (Å²) in [6.45, 7) is 0. The third-order valence-corrected chi connectivity index (χ3v) is 3.89. The first-order valence-electron chi connectivity index (χ1n) is 6.74. The van der Waals surface area contributed by atoms with E-state index in [4.69, 9.17) is 0 Å². The Bertz CT molecular complexity index is 695. The molecule has 0 aliphatic carbocycles. The Labute approximate surface area is 137 Å². The molecule has 1 heterocycles. The molecular weight excluding hydrogens is 319 g/mol. The van der Waals surface area contributed by atoms with Gasteiger partial charge < -0.3 is 10.1 Å². The molecule has 1 N–H and O–H groups in total. The smallest absolute Gasteiger partial charge is 0.337 e. The topological polar surface area (TPSA) is 68.3 Å². The number of nitrogens with one attached hydrogen (secondary N) is 1. The molecule has 7 heteroatoms. The lowest BCUT2D eigenvalue weighted by atomic mass is 10.2. The molecule has 120 valence electrons. The summed E-state index contributed by atoms with van der Waals surface area (Å²) in [5.74, 6) is -0.752. The molecule has 23 heavy (non-hydrogen) atoms. The van der Waals surface area contributed by atoms with E-state index >= 15 is 0 Å². The van der Waals surface area contributed by atoms with E-state index < -0.39 is 11.8 Å². The summed E-state index contributed by atoms with van der Waals surface area (Å²) >= 11 is 1.39. The number of thioether (sulfide) groups is 1. The van der Waals surface area contributed by atoms with Crippen molar-refractivity contribution in [2.75, 3.05) is 18.2 Å². The SMILES string of the molecule is COC(=O)c1ccc(F)c(NC(=O)CSCc2cccnc2)c1. The maximum absolute atomic E-state index is 13.7. The lowest BCUT2D eigenvalue weighted by Gasteiger charge is -2.08. The van der Waals surface area contributed by atoms with E-state index in [1.165, 1.54) is 31.0 Å². The van der Waals surface area contributed by atoms with E-state index in [2.05, 4.69) is 15.0 Å². The zero-order valence-electron chi connectivity index (χ0n) is 12.4. The van der Waals surface area contributed by atoms with Gasteiger partial charge in [-0.1, -0.05) is 6.07 Å². The Balaban J connectivity index is 1.91. The molecule has 0 saturated heterocycles. The molecule has 0 bridgehead atoms. The maximum atomic E-state index is 13.7. The molecule has 1 aromatic heterocycles. The van der Waals surface area contributed by atoms with Gasteiger partial charge in [0.05, 0.1) is 24.1 Å². The average Bonchev–Trinajstić information content (AvgIpc) is 2.57. The van der Waals surface area contributed by atoms with Gasteiger partial charge in [-0.05, 0) is 29.8 Å². The Morgan fingerprint density at radius 3 is 2.87 bits per heavy atom. The zero-order valence-corrected chi connectivity index (χ0v) is 13.2. The first-order valence-corrected chi connectivity index (χ1v) is 7.90.